The number of aromatic nitrogens is 2. The van der Waals surface area contributed by atoms with Gasteiger partial charge in [0.25, 0.3) is 5.91 Å². The van der Waals surface area contributed by atoms with E-state index in [1.807, 2.05) is 25.1 Å². The van der Waals surface area contributed by atoms with Gasteiger partial charge in [-0.1, -0.05) is 12.1 Å². The second-order valence-corrected chi connectivity index (χ2v) is 5.74. The number of rotatable bonds is 5. The summed E-state index contributed by atoms with van der Waals surface area (Å²) in [6.45, 7) is 4.07. The van der Waals surface area contributed by atoms with Crippen molar-refractivity contribution < 1.29 is 9.53 Å². The molecule has 2 aromatic rings. The second kappa shape index (κ2) is 7.77. The highest BCUT2D eigenvalue weighted by Crippen LogP contribution is 2.20. The van der Waals surface area contributed by atoms with E-state index in [-0.39, 0.29) is 11.9 Å². The first-order valence-corrected chi connectivity index (χ1v) is 8.32. The molecule has 6 heteroatoms. The summed E-state index contributed by atoms with van der Waals surface area (Å²) < 4.78 is 5.55. The molecule has 1 unspecified atom stereocenters. The van der Waals surface area contributed by atoms with Crippen LogP contribution in [0.5, 0.6) is 5.75 Å². The van der Waals surface area contributed by atoms with Crippen LogP contribution in [-0.2, 0) is 0 Å². The second-order valence-electron chi connectivity index (χ2n) is 5.74. The van der Waals surface area contributed by atoms with Crippen molar-refractivity contribution in [1.82, 2.24) is 15.3 Å². The van der Waals surface area contributed by atoms with E-state index < -0.39 is 0 Å². The number of anilines is 1. The lowest BCUT2D eigenvalue weighted by atomic mass is 10.1. The topological polar surface area (TPSA) is 67.3 Å². The molecule has 24 heavy (non-hydrogen) atoms. The molecule has 3 rings (SSSR count). The number of carbonyl (C=O) groups is 1. The SMILES string of the molecule is CCOc1ccccc1C(=O)NC1CCCN(c2ncccn2)C1. The molecule has 1 aliphatic heterocycles. The quantitative estimate of drug-likeness (QED) is 0.913. The average molecular weight is 326 g/mol. The molecule has 0 radical (unpaired) electrons. The Bertz CT molecular complexity index is 678. The van der Waals surface area contributed by atoms with Crippen molar-refractivity contribution in [2.24, 2.45) is 0 Å². The summed E-state index contributed by atoms with van der Waals surface area (Å²) >= 11 is 0. The van der Waals surface area contributed by atoms with Crippen molar-refractivity contribution in [3.05, 3.63) is 48.3 Å². The average Bonchev–Trinajstić information content (AvgIpc) is 2.63. The maximum Gasteiger partial charge on any atom is 0.255 e. The minimum atomic E-state index is -0.0973. The molecule has 0 saturated carbocycles. The molecule has 6 nitrogen and oxygen atoms in total. The van der Waals surface area contributed by atoms with Gasteiger partial charge in [-0.15, -0.1) is 0 Å². The van der Waals surface area contributed by atoms with E-state index in [4.69, 9.17) is 4.74 Å². The Morgan fingerprint density at radius 3 is 2.88 bits per heavy atom. The van der Waals surface area contributed by atoms with E-state index in [2.05, 4.69) is 20.2 Å². The van der Waals surface area contributed by atoms with Gasteiger partial charge < -0.3 is 15.0 Å². The molecule has 1 aromatic heterocycles. The Morgan fingerprint density at radius 2 is 2.08 bits per heavy atom. The third-order valence-corrected chi connectivity index (χ3v) is 4.02. The summed E-state index contributed by atoms with van der Waals surface area (Å²) in [6.07, 6.45) is 5.42. The molecule has 1 aromatic carbocycles. The van der Waals surface area contributed by atoms with Crippen LogP contribution in [0.3, 0.4) is 0 Å². The number of hydrogen-bond donors (Lipinski definition) is 1. The minimum absolute atomic E-state index is 0.0738. The van der Waals surface area contributed by atoms with Gasteiger partial charge in [0, 0.05) is 31.5 Å². The van der Waals surface area contributed by atoms with Gasteiger partial charge in [-0.2, -0.15) is 0 Å². The first kappa shape index (κ1) is 16.2. The van der Waals surface area contributed by atoms with Gasteiger partial charge in [0.05, 0.1) is 12.2 Å². The van der Waals surface area contributed by atoms with Crippen molar-refractivity contribution in [1.29, 1.82) is 0 Å². The number of nitrogens with zero attached hydrogens (tertiary/aromatic N) is 3. The van der Waals surface area contributed by atoms with E-state index in [9.17, 15) is 4.79 Å². The van der Waals surface area contributed by atoms with Crippen LogP contribution in [0.4, 0.5) is 5.95 Å². The van der Waals surface area contributed by atoms with E-state index in [1.54, 1.807) is 24.5 Å². The first-order valence-electron chi connectivity index (χ1n) is 8.32. The molecule has 0 aliphatic carbocycles. The predicted molar refractivity (Wildman–Crippen MR) is 92.3 cm³/mol. The summed E-state index contributed by atoms with van der Waals surface area (Å²) in [6, 6.07) is 9.21. The van der Waals surface area contributed by atoms with Crippen molar-refractivity contribution in [3.8, 4) is 5.75 Å². The summed E-state index contributed by atoms with van der Waals surface area (Å²) in [7, 11) is 0. The Kier molecular flexibility index (Phi) is 5.25. The smallest absolute Gasteiger partial charge is 0.255 e. The van der Waals surface area contributed by atoms with Gasteiger partial charge in [0.1, 0.15) is 5.75 Å². The molecule has 2 heterocycles. The lowest BCUT2D eigenvalue weighted by Gasteiger charge is -2.33. The zero-order chi connectivity index (χ0) is 16.8. The highest BCUT2D eigenvalue weighted by molar-refractivity contribution is 5.97. The largest absolute Gasteiger partial charge is 0.493 e. The number of hydrogen-bond acceptors (Lipinski definition) is 5. The first-order chi connectivity index (χ1) is 11.8. The van der Waals surface area contributed by atoms with Gasteiger partial charge in [0.15, 0.2) is 0 Å². The Labute approximate surface area is 141 Å². The van der Waals surface area contributed by atoms with Gasteiger partial charge >= 0.3 is 0 Å². The van der Waals surface area contributed by atoms with Crippen LogP contribution in [0.2, 0.25) is 0 Å². The van der Waals surface area contributed by atoms with Crippen molar-refractivity contribution in [3.63, 3.8) is 0 Å². The molecule has 1 atom stereocenters. The third kappa shape index (κ3) is 3.82. The highest BCUT2D eigenvalue weighted by Gasteiger charge is 2.24. The van der Waals surface area contributed by atoms with Crippen molar-refractivity contribution in [2.75, 3.05) is 24.6 Å². The lowest BCUT2D eigenvalue weighted by Crippen LogP contribution is -2.48. The summed E-state index contributed by atoms with van der Waals surface area (Å²) in [4.78, 5) is 23.3. The van der Waals surface area contributed by atoms with Crippen LogP contribution >= 0.6 is 0 Å². The number of amides is 1. The monoisotopic (exact) mass is 326 g/mol. The van der Waals surface area contributed by atoms with Gasteiger partial charge in [-0.3, -0.25) is 4.79 Å². The fraction of sp³-hybridized carbons (Fsp3) is 0.389. The number of carbonyl (C=O) groups excluding carboxylic acids is 1. The van der Waals surface area contributed by atoms with Gasteiger partial charge in [0.2, 0.25) is 5.95 Å². The Balaban J connectivity index is 1.66. The van der Waals surface area contributed by atoms with E-state index in [0.717, 1.165) is 19.4 Å². The normalized spacial score (nSPS) is 17.4. The lowest BCUT2D eigenvalue weighted by molar-refractivity contribution is 0.0929. The number of piperidine rings is 1. The van der Waals surface area contributed by atoms with Crippen LogP contribution in [0, 0.1) is 0 Å². The number of ether oxygens (including phenoxy) is 1. The van der Waals surface area contributed by atoms with Crippen LogP contribution in [0.1, 0.15) is 30.1 Å². The predicted octanol–water partition coefficient (Wildman–Crippen LogP) is 2.27. The summed E-state index contributed by atoms with van der Waals surface area (Å²) in [5.41, 5.74) is 0.576. The molecule has 1 fully saturated rings. The zero-order valence-corrected chi connectivity index (χ0v) is 13.8. The third-order valence-electron chi connectivity index (χ3n) is 4.02. The van der Waals surface area contributed by atoms with E-state index in [1.165, 1.54) is 0 Å². The van der Waals surface area contributed by atoms with Gasteiger partial charge in [-0.05, 0) is 38.0 Å². The molecule has 0 spiro atoms. The maximum absolute atomic E-state index is 12.6. The Morgan fingerprint density at radius 1 is 1.29 bits per heavy atom. The molecule has 1 N–H and O–H groups in total. The van der Waals surface area contributed by atoms with Crippen LogP contribution < -0.4 is 15.0 Å². The molecular weight excluding hydrogens is 304 g/mol. The Hall–Kier alpha value is -2.63. The molecular formula is C18H22N4O2. The van der Waals surface area contributed by atoms with Crippen molar-refractivity contribution in [2.45, 2.75) is 25.8 Å². The minimum Gasteiger partial charge on any atom is -0.493 e. The zero-order valence-electron chi connectivity index (χ0n) is 13.8. The number of para-hydroxylation sites is 1. The van der Waals surface area contributed by atoms with Crippen LogP contribution in [-0.4, -0.2) is 41.6 Å². The standard InChI is InChI=1S/C18H22N4O2/c1-2-24-16-9-4-3-8-15(16)17(23)21-14-7-5-12-22(13-14)18-19-10-6-11-20-18/h3-4,6,8-11,14H,2,5,7,12-13H2,1H3,(H,21,23). The van der Waals surface area contributed by atoms with Gasteiger partial charge in [-0.25, -0.2) is 9.97 Å². The summed E-state index contributed by atoms with van der Waals surface area (Å²) in [5, 5.41) is 3.12. The number of nitrogens with one attached hydrogen (secondary N) is 1. The molecule has 1 aliphatic rings. The highest BCUT2D eigenvalue weighted by atomic mass is 16.5. The maximum atomic E-state index is 12.6. The molecule has 1 amide bonds. The van der Waals surface area contributed by atoms with Crippen LogP contribution in [0.15, 0.2) is 42.7 Å². The van der Waals surface area contributed by atoms with Crippen LogP contribution in [0.25, 0.3) is 0 Å². The molecule has 1 saturated heterocycles. The van der Waals surface area contributed by atoms with E-state index >= 15 is 0 Å². The van der Waals surface area contributed by atoms with Crippen molar-refractivity contribution >= 4 is 11.9 Å². The van der Waals surface area contributed by atoms with E-state index in [0.29, 0.717) is 30.4 Å². The fourth-order valence-corrected chi connectivity index (χ4v) is 2.93. The molecule has 0 bridgehead atoms. The molecule has 126 valence electrons. The fourth-order valence-electron chi connectivity index (χ4n) is 2.93. The number of benzene rings is 1. The summed E-state index contributed by atoms with van der Waals surface area (Å²) in [5.74, 6) is 1.24.